The first kappa shape index (κ1) is 10.7. The number of hydrogen-bond donors (Lipinski definition) is 3. The molecular formula is C10H13N3O3. The first-order valence-electron chi connectivity index (χ1n) is 5.11. The van der Waals surface area contributed by atoms with Crippen molar-refractivity contribution in [2.75, 3.05) is 0 Å². The van der Waals surface area contributed by atoms with Crippen molar-refractivity contribution in [3.63, 3.8) is 0 Å². The van der Waals surface area contributed by atoms with E-state index in [4.69, 9.17) is 5.11 Å². The fourth-order valence-corrected chi connectivity index (χ4v) is 1.79. The van der Waals surface area contributed by atoms with E-state index in [9.17, 15) is 9.59 Å². The van der Waals surface area contributed by atoms with Crippen molar-refractivity contribution in [3.05, 3.63) is 17.7 Å². The summed E-state index contributed by atoms with van der Waals surface area (Å²) in [5, 5.41) is 11.6. The van der Waals surface area contributed by atoms with E-state index in [1.54, 1.807) is 0 Å². The summed E-state index contributed by atoms with van der Waals surface area (Å²) in [5.41, 5.74) is -0.424. The van der Waals surface area contributed by atoms with E-state index in [-0.39, 0.29) is 16.9 Å². The topological polar surface area (TPSA) is 95.1 Å². The molecule has 0 radical (unpaired) electrons. The van der Waals surface area contributed by atoms with Crippen LogP contribution in [0.1, 0.15) is 47.2 Å². The maximum Gasteiger partial charge on any atom is 0.354 e. The molecule has 1 amide bonds. The molecule has 0 saturated heterocycles. The summed E-state index contributed by atoms with van der Waals surface area (Å²) in [6, 6.07) is 0. The zero-order chi connectivity index (χ0) is 11.8. The number of rotatable bonds is 3. The number of carbonyl (C=O) groups is 2. The highest BCUT2D eigenvalue weighted by Crippen LogP contribution is 2.31. The third-order valence-electron chi connectivity index (χ3n) is 2.94. The van der Waals surface area contributed by atoms with Gasteiger partial charge < -0.3 is 15.4 Å². The Kier molecular flexibility index (Phi) is 2.41. The Morgan fingerprint density at radius 2 is 2.25 bits per heavy atom. The quantitative estimate of drug-likeness (QED) is 0.705. The molecule has 0 spiro atoms. The number of hydrogen-bond acceptors (Lipinski definition) is 3. The molecule has 0 aromatic carbocycles. The molecule has 0 atom stereocenters. The van der Waals surface area contributed by atoms with Crippen molar-refractivity contribution >= 4 is 11.9 Å². The lowest BCUT2D eigenvalue weighted by Crippen LogP contribution is -2.51. The second-order valence-corrected chi connectivity index (χ2v) is 4.30. The largest absolute Gasteiger partial charge is 0.477 e. The van der Waals surface area contributed by atoms with Crippen molar-refractivity contribution < 1.29 is 14.7 Å². The lowest BCUT2D eigenvalue weighted by molar-refractivity contribution is 0.0680. The molecule has 0 aliphatic heterocycles. The van der Waals surface area contributed by atoms with Gasteiger partial charge in [0.2, 0.25) is 0 Å². The molecule has 3 N–H and O–H groups in total. The smallest absolute Gasteiger partial charge is 0.354 e. The number of H-pyrrole nitrogens is 1. The SMILES string of the molecule is CC1(NC(=O)c2nc[nH]c2C(=O)O)CCC1. The van der Waals surface area contributed by atoms with E-state index in [0.29, 0.717) is 0 Å². The average Bonchev–Trinajstić information content (AvgIpc) is 2.63. The van der Waals surface area contributed by atoms with Crippen LogP contribution in [0.15, 0.2) is 6.33 Å². The van der Waals surface area contributed by atoms with Gasteiger partial charge in [0.1, 0.15) is 0 Å². The number of aromatic nitrogens is 2. The summed E-state index contributed by atoms with van der Waals surface area (Å²) in [4.78, 5) is 28.7. The second-order valence-electron chi connectivity index (χ2n) is 4.30. The number of aromatic amines is 1. The van der Waals surface area contributed by atoms with Crippen LogP contribution in [-0.4, -0.2) is 32.5 Å². The number of aromatic carboxylic acids is 1. The van der Waals surface area contributed by atoms with Gasteiger partial charge in [0.15, 0.2) is 11.4 Å². The summed E-state index contributed by atoms with van der Waals surface area (Å²) < 4.78 is 0. The first-order chi connectivity index (χ1) is 7.52. The molecule has 6 nitrogen and oxygen atoms in total. The molecule has 2 rings (SSSR count). The standard InChI is InChI=1S/C10H13N3O3/c1-10(3-2-4-10)13-8(14)6-7(9(15)16)12-5-11-6/h5H,2-4H2,1H3,(H,11,12)(H,13,14)(H,15,16). The molecule has 1 aromatic rings. The molecule has 1 aliphatic carbocycles. The third kappa shape index (κ3) is 1.78. The van der Waals surface area contributed by atoms with Gasteiger partial charge in [-0.3, -0.25) is 4.79 Å². The monoisotopic (exact) mass is 223 g/mol. The Morgan fingerprint density at radius 1 is 1.56 bits per heavy atom. The highest BCUT2D eigenvalue weighted by molar-refractivity contribution is 6.02. The van der Waals surface area contributed by atoms with Gasteiger partial charge in [0.25, 0.3) is 5.91 Å². The van der Waals surface area contributed by atoms with Crippen molar-refractivity contribution in [3.8, 4) is 0 Å². The van der Waals surface area contributed by atoms with Gasteiger partial charge in [-0.05, 0) is 26.2 Å². The van der Waals surface area contributed by atoms with Gasteiger partial charge in [-0.2, -0.15) is 0 Å². The summed E-state index contributed by atoms with van der Waals surface area (Å²) in [7, 11) is 0. The van der Waals surface area contributed by atoms with Crippen LogP contribution in [-0.2, 0) is 0 Å². The van der Waals surface area contributed by atoms with Crippen LogP contribution in [0, 0.1) is 0 Å². The molecule has 1 heterocycles. The van der Waals surface area contributed by atoms with Gasteiger partial charge in [-0.1, -0.05) is 0 Å². The van der Waals surface area contributed by atoms with Crippen LogP contribution in [0.5, 0.6) is 0 Å². The normalized spacial score (nSPS) is 17.6. The van der Waals surface area contributed by atoms with Gasteiger partial charge in [-0.15, -0.1) is 0 Å². The zero-order valence-corrected chi connectivity index (χ0v) is 8.91. The highest BCUT2D eigenvalue weighted by atomic mass is 16.4. The Morgan fingerprint density at radius 3 is 2.75 bits per heavy atom. The van der Waals surface area contributed by atoms with E-state index < -0.39 is 11.9 Å². The molecule has 0 bridgehead atoms. The second kappa shape index (κ2) is 3.62. The van der Waals surface area contributed by atoms with Crippen molar-refractivity contribution in [2.24, 2.45) is 0 Å². The summed E-state index contributed by atoms with van der Waals surface area (Å²) in [6.45, 7) is 1.95. The third-order valence-corrected chi connectivity index (χ3v) is 2.94. The molecular weight excluding hydrogens is 210 g/mol. The Balaban J connectivity index is 2.14. The maximum absolute atomic E-state index is 11.8. The fraction of sp³-hybridized carbons (Fsp3) is 0.500. The summed E-state index contributed by atoms with van der Waals surface area (Å²) in [6.07, 6.45) is 4.14. The molecule has 0 unspecified atom stereocenters. The number of imidazole rings is 1. The first-order valence-corrected chi connectivity index (χ1v) is 5.11. The Bertz CT molecular complexity index is 434. The van der Waals surface area contributed by atoms with Crippen LogP contribution >= 0.6 is 0 Å². The predicted octanol–water partition coefficient (Wildman–Crippen LogP) is 0.780. The minimum Gasteiger partial charge on any atom is -0.477 e. The van der Waals surface area contributed by atoms with Crippen LogP contribution in [0.3, 0.4) is 0 Å². The van der Waals surface area contributed by atoms with Crippen molar-refractivity contribution in [1.29, 1.82) is 0 Å². The molecule has 16 heavy (non-hydrogen) atoms. The minimum absolute atomic E-state index is 0.0550. The van der Waals surface area contributed by atoms with Gasteiger partial charge in [0.05, 0.1) is 6.33 Å². The summed E-state index contributed by atoms with van der Waals surface area (Å²) >= 11 is 0. The van der Waals surface area contributed by atoms with Gasteiger partial charge in [-0.25, -0.2) is 9.78 Å². The van der Waals surface area contributed by atoms with Crippen LogP contribution in [0.4, 0.5) is 0 Å². The average molecular weight is 223 g/mol. The molecule has 86 valence electrons. The minimum atomic E-state index is -1.18. The molecule has 1 aliphatic rings. The van der Waals surface area contributed by atoms with E-state index in [1.807, 2.05) is 6.92 Å². The van der Waals surface area contributed by atoms with E-state index in [2.05, 4.69) is 15.3 Å². The molecule has 1 saturated carbocycles. The highest BCUT2D eigenvalue weighted by Gasteiger charge is 2.34. The van der Waals surface area contributed by atoms with Crippen LogP contribution in [0.2, 0.25) is 0 Å². The Labute approximate surface area is 92.1 Å². The lowest BCUT2D eigenvalue weighted by Gasteiger charge is -2.38. The van der Waals surface area contributed by atoms with E-state index >= 15 is 0 Å². The number of carboxylic acids is 1. The van der Waals surface area contributed by atoms with Crippen molar-refractivity contribution in [2.45, 2.75) is 31.7 Å². The van der Waals surface area contributed by atoms with Crippen molar-refractivity contribution in [1.82, 2.24) is 15.3 Å². The lowest BCUT2D eigenvalue weighted by atomic mass is 9.78. The summed E-state index contributed by atoms with van der Waals surface area (Å²) in [5.74, 6) is -1.61. The van der Waals surface area contributed by atoms with Crippen LogP contribution in [0.25, 0.3) is 0 Å². The number of nitrogens with zero attached hydrogens (tertiary/aromatic N) is 1. The number of nitrogens with one attached hydrogen (secondary N) is 2. The molecule has 1 fully saturated rings. The Hall–Kier alpha value is -1.85. The van der Waals surface area contributed by atoms with E-state index in [0.717, 1.165) is 19.3 Å². The predicted molar refractivity (Wildman–Crippen MR) is 55.3 cm³/mol. The number of amides is 1. The number of carbonyl (C=O) groups excluding carboxylic acids is 1. The fourth-order valence-electron chi connectivity index (χ4n) is 1.79. The molecule has 6 heteroatoms. The number of carboxylic acid groups (broad SMARTS) is 1. The van der Waals surface area contributed by atoms with E-state index in [1.165, 1.54) is 6.33 Å². The van der Waals surface area contributed by atoms with Crippen LogP contribution < -0.4 is 5.32 Å². The maximum atomic E-state index is 11.8. The zero-order valence-electron chi connectivity index (χ0n) is 8.91. The van der Waals surface area contributed by atoms with Gasteiger partial charge in [0, 0.05) is 5.54 Å². The molecule has 1 aromatic heterocycles. The van der Waals surface area contributed by atoms with Gasteiger partial charge >= 0.3 is 5.97 Å².